The first-order valence-electron chi connectivity index (χ1n) is 5.69. The first kappa shape index (κ1) is 11.6. The van der Waals surface area contributed by atoms with Gasteiger partial charge in [0.05, 0.1) is 15.8 Å². The second kappa shape index (κ2) is 4.62. The van der Waals surface area contributed by atoms with Crippen LogP contribution >= 0.6 is 22.7 Å². The Morgan fingerprint density at radius 3 is 2.89 bits per heavy atom. The zero-order valence-corrected chi connectivity index (χ0v) is 11.7. The van der Waals surface area contributed by atoms with Crippen molar-refractivity contribution in [2.24, 2.45) is 0 Å². The Bertz CT molecular complexity index is 673. The predicted molar refractivity (Wildman–Crippen MR) is 77.4 cm³/mol. The van der Waals surface area contributed by atoms with Crippen LogP contribution in [0.25, 0.3) is 20.9 Å². The average Bonchev–Trinajstić information content (AvgIpc) is 3.05. The number of hydrogen-bond acceptors (Lipinski definition) is 6. The summed E-state index contributed by atoms with van der Waals surface area (Å²) >= 11 is 3.29. The number of aryl methyl sites for hydroxylation is 1. The quantitative estimate of drug-likeness (QED) is 0.796. The van der Waals surface area contributed by atoms with Gasteiger partial charge < -0.3 is 5.32 Å². The number of thiazole rings is 1. The lowest BCUT2D eigenvalue weighted by Crippen LogP contribution is -1.96. The van der Waals surface area contributed by atoms with Gasteiger partial charge in [-0.2, -0.15) is 0 Å². The fraction of sp³-hybridized carbons (Fsp3) is 0.250. The van der Waals surface area contributed by atoms with E-state index in [2.05, 4.69) is 33.3 Å². The molecule has 0 radical (unpaired) electrons. The summed E-state index contributed by atoms with van der Waals surface area (Å²) in [6.07, 6.45) is 2.83. The fourth-order valence-electron chi connectivity index (χ4n) is 1.77. The van der Waals surface area contributed by atoms with Crippen LogP contribution in [0.1, 0.15) is 11.8 Å². The van der Waals surface area contributed by atoms with Gasteiger partial charge in [-0.15, -0.1) is 22.7 Å². The van der Waals surface area contributed by atoms with E-state index in [1.165, 1.54) is 4.88 Å². The highest BCUT2D eigenvalue weighted by Gasteiger charge is 2.12. The van der Waals surface area contributed by atoms with Crippen LogP contribution in [-0.4, -0.2) is 22.0 Å². The van der Waals surface area contributed by atoms with Crippen LogP contribution in [0.2, 0.25) is 0 Å². The molecule has 18 heavy (non-hydrogen) atoms. The van der Waals surface area contributed by atoms with Crippen molar-refractivity contribution in [3.05, 3.63) is 22.7 Å². The molecule has 0 saturated carbocycles. The normalized spacial score (nSPS) is 11.0. The van der Waals surface area contributed by atoms with Crippen LogP contribution in [0.5, 0.6) is 0 Å². The summed E-state index contributed by atoms with van der Waals surface area (Å²) in [6.45, 7) is 2.15. The third kappa shape index (κ3) is 1.87. The molecule has 0 aliphatic heterocycles. The van der Waals surface area contributed by atoms with Gasteiger partial charge in [0, 0.05) is 18.1 Å². The SMILES string of the molecule is CCc1cc2c(NC)nc(-c3cncs3)nc2s1. The molecule has 0 aliphatic carbocycles. The van der Waals surface area contributed by atoms with Crippen molar-refractivity contribution in [3.8, 4) is 10.7 Å². The Morgan fingerprint density at radius 1 is 1.33 bits per heavy atom. The standard InChI is InChI=1S/C12H12N4S2/c1-3-7-4-8-10(13-2)15-11(16-12(8)18-7)9-5-14-6-17-9/h4-6H,3H2,1-2H3,(H,13,15,16). The van der Waals surface area contributed by atoms with Crippen LogP contribution in [0.15, 0.2) is 17.8 Å². The van der Waals surface area contributed by atoms with Crippen molar-refractivity contribution >= 4 is 38.7 Å². The number of rotatable bonds is 3. The van der Waals surface area contributed by atoms with E-state index in [9.17, 15) is 0 Å². The molecule has 0 atom stereocenters. The van der Waals surface area contributed by atoms with Gasteiger partial charge in [0.1, 0.15) is 10.6 Å². The second-order valence-corrected chi connectivity index (χ2v) is 5.80. The van der Waals surface area contributed by atoms with Crippen LogP contribution in [0.4, 0.5) is 5.82 Å². The zero-order valence-electron chi connectivity index (χ0n) is 10.1. The largest absolute Gasteiger partial charge is 0.372 e. The maximum Gasteiger partial charge on any atom is 0.174 e. The fourth-order valence-corrected chi connectivity index (χ4v) is 3.29. The summed E-state index contributed by atoms with van der Waals surface area (Å²) in [5.41, 5.74) is 1.80. The molecule has 0 aromatic carbocycles. The highest BCUT2D eigenvalue weighted by molar-refractivity contribution is 7.18. The minimum absolute atomic E-state index is 0.749. The predicted octanol–water partition coefficient (Wildman–Crippen LogP) is 3.42. The van der Waals surface area contributed by atoms with Crippen LogP contribution < -0.4 is 5.32 Å². The van der Waals surface area contributed by atoms with Crippen molar-refractivity contribution in [1.29, 1.82) is 0 Å². The van der Waals surface area contributed by atoms with Gasteiger partial charge in [-0.25, -0.2) is 9.97 Å². The van der Waals surface area contributed by atoms with Gasteiger partial charge in [-0.3, -0.25) is 4.98 Å². The van der Waals surface area contributed by atoms with E-state index in [1.54, 1.807) is 34.4 Å². The minimum atomic E-state index is 0.749. The van der Waals surface area contributed by atoms with Crippen LogP contribution in [0.3, 0.4) is 0 Å². The molecule has 3 aromatic heterocycles. The number of nitrogens with one attached hydrogen (secondary N) is 1. The number of aromatic nitrogens is 3. The molecule has 0 unspecified atom stereocenters. The first-order chi connectivity index (χ1) is 8.81. The van der Waals surface area contributed by atoms with E-state index in [0.717, 1.165) is 33.2 Å². The molecule has 1 N–H and O–H groups in total. The van der Waals surface area contributed by atoms with Gasteiger partial charge in [0.15, 0.2) is 5.82 Å². The Balaban J connectivity index is 2.24. The molecule has 3 heterocycles. The molecule has 0 aliphatic rings. The van der Waals surface area contributed by atoms with Crippen molar-refractivity contribution in [3.63, 3.8) is 0 Å². The van der Waals surface area contributed by atoms with Gasteiger partial charge in [-0.05, 0) is 12.5 Å². The Kier molecular flexibility index (Phi) is 2.97. The van der Waals surface area contributed by atoms with Crippen LogP contribution in [-0.2, 0) is 6.42 Å². The van der Waals surface area contributed by atoms with E-state index in [-0.39, 0.29) is 0 Å². The van der Waals surface area contributed by atoms with E-state index < -0.39 is 0 Å². The molecule has 3 aromatic rings. The van der Waals surface area contributed by atoms with Crippen molar-refractivity contribution < 1.29 is 0 Å². The average molecular weight is 276 g/mol. The molecule has 4 nitrogen and oxygen atoms in total. The topological polar surface area (TPSA) is 50.7 Å². The molecule has 0 spiro atoms. The van der Waals surface area contributed by atoms with Crippen molar-refractivity contribution in [2.45, 2.75) is 13.3 Å². The second-order valence-electron chi connectivity index (χ2n) is 3.80. The molecule has 0 amide bonds. The molecular weight excluding hydrogens is 264 g/mol. The Morgan fingerprint density at radius 2 is 2.22 bits per heavy atom. The summed E-state index contributed by atoms with van der Waals surface area (Å²) in [7, 11) is 1.89. The number of hydrogen-bond donors (Lipinski definition) is 1. The molecule has 6 heteroatoms. The van der Waals surface area contributed by atoms with Gasteiger partial charge in [0.2, 0.25) is 0 Å². The highest BCUT2D eigenvalue weighted by Crippen LogP contribution is 2.32. The lowest BCUT2D eigenvalue weighted by molar-refractivity contribution is 1.19. The van der Waals surface area contributed by atoms with Crippen molar-refractivity contribution in [2.75, 3.05) is 12.4 Å². The van der Waals surface area contributed by atoms with E-state index in [1.807, 2.05) is 7.05 Å². The Labute approximate surface area is 113 Å². The smallest absolute Gasteiger partial charge is 0.174 e. The molecule has 0 bridgehead atoms. The number of fused-ring (bicyclic) bond motifs is 1. The van der Waals surface area contributed by atoms with Gasteiger partial charge in [-0.1, -0.05) is 6.92 Å². The minimum Gasteiger partial charge on any atom is -0.372 e. The number of nitrogens with zero attached hydrogens (tertiary/aromatic N) is 3. The molecule has 0 fully saturated rings. The molecule has 0 saturated heterocycles. The summed E-state index contributed by atoms with van der Waals surface area (Å²) in [4.78, 5) is 16.6. The molecule has 3 rings (SSSR count). The maximum atomic E-state index is 4.63. The lowest BCUT2D eigenvalue weighted by Gasteiger charge is -2.03. The zero-order chi connectivity index (χ0) is 12.5. The summed E-state index contributed by atoms with van der Waals surface area (Å²) in [5, 5.41) is 4.25. The lowest BCUT2D eigenvalue weighted by atomic mass is 10.3. The third-order valence-corrected chi connectivity index (χ3v) is 4.62. The van der Waals surface area contributed by atoms with Gasteiger partial charge >= 0.3 is 0 Å². The number of thiophene rings is 1. The number of anilines is 1. The Hall–Kier alpha value is -1.53. The molecular formula is C12H12N4S2. The monoisotopic (exact) mass is 276 g/mol. The van der Waals surface area contributed by atoms with E-state index in [0.29, 0.717) is 0 Å². The van der Waals surface area contributed by atoms with Crippen molar-refractivity contribution in [1.82, 2.24) is 15.0 Å². The molecule has 92 valence electrons. The highest BCUT2D eigenvalue weighted by atomic mass is 32.1. The van der Waals surface area contributed by atoms with Crippen LogP contribution in [0, 0.1) is 0 Å². The van der Waals surface area contributed by atoms with Gasteiger partial charge in [0.25, 0.3) is 0 Å². The summed E-state index contributed by atoms with van der Waals surface area (Å²) in [6, 6.07) is 2.17. The van der Waals surface area contributed by atoms with E-state index >= 15 is 0 Å². The first-order valence-corrected chi connectivity index (χ1v) is 7.38. The third-order valence-electron chi connectivity index (χ3n) is 2.68. The summed E-state index contributed by atoms with van der Waals surface area (Å²) < 4.78 is 0. The summed E-state index contributed by atoms with van der Waals surface area (Å²) in [5.74, 6) is 1.64. The maximum absolute atomic E-state index is 4.63. The van der Waals surface area contributed by atoms with E-state index in [4.69, 9.17) is 0 Å².